The molecule has 2 heterocycles. The fraction of sp³-hybridized carbons (Fsp3) is 0.333. The molecule has 0 aliphatic rings. The number of nitrogens with one attached hydrogen (secondary N) is 1. The number of rotatable bonds is 4. The van der Waals surface area contributed by atoms with Crippen molar-refractivity contribution in [3.8, 4) is 0 Å². The lowest BCUT2D eigenvalue weighted by Crippen LogP contribution is -2.25. The second-order valence-electron chi connectivity index (χ2n) is 4.31. The third-order valence-electron chi connectivity index (χ3n) is 2.62. The molecular weight excluding hydrogens is 366 g/mol. The fourth-order valence-corrected chi connectivity index (χ4v) is 6.02. The Bertz CT molecular complexity index is 668. The first-order valence-electron chi connectivity index (χ1n) is 5.64. The Morgan fingerprint density at radius 3 is 2.42 bits per heavy atom. The predicted molar refractivity (Wildman–Crippen MR) is 84.5 cm³/mol. The Morgan fingerprint density at radius 2 is 1.95 bits per heavy atom. The summed E-state index contributed by atoms with van der Waals surface area (Å²) in [6.45, 7) is 5.75. The number of hydrogen-bond donors (Lipinski definition) is 1. The summed E-state index contributed by atoms with van der Waals surface area (Å²) in [4.78, 5) is 2.20. The third-order valence-corrected chi connectivity index (χ3v) is 7.95. The van der Waals surface area contributed by atoms with Crippen LogP contribution in [0.4, 0.5) is 0 Å². The maximum atomic E-state index is 12.3. The smallest absolute Gasteiger partial charge is 0.206 e. The van der Waals surface area contributed by atoms with Crippen molar-refractivity contribution in [1.82, 2.24) is 4.72 Å². The minimum absolute atomic E-state index is 0.218. The summed E-state index contributed by atoms with van der Waals surface area (Å²) in [6, 6.07) is 5.42. The highest BCUT2D eigenvalue weighted by Gasteiger charge is 2.22. The van der Waals surface area contributed by atoms with Gasteiger partial charge in [-0.05, 0) is 60.5 Å². The molecule has 1 N–H and O–H groups in total. The Kier molecular flexibility index (Phi) is 4.52. The second-order valence-corrected chi connectivity index (χ2v) is 9.94. The first kappa shape index (κ1) is 15.2. The molecular formula is C12H14BrNO2S3. The highest BCUT2D eigenvalue weighted by Crippen LogP contribution is 2.31. The van der Waals surface area contributed by atoms with E-state index in [9.17, 15) is 8.42 Å². The van der Waals surface area contributed by atoms with E-state index in [2.05, 4.69) is 20.7 Å². The molecule has 2 aromatic heterocycles. The van der Waals surface area contributed by atoms with Crippen LogP contribution in [0.5, 0.6) is 0 Å². The fourth-order valence-electron chi connectivity index (χ4n) is 1.60. The molecule has 3 nitrogen and oxygen atoms in total. The summed E-state index contributed by atoms with van der Waals surface area (Å²) in [6.07, 6.45) is 0. The number of sulfonamides is 1. The molecule has 0 radical (unpaired) electrons. The van der Waals surface area contributed by atoms with Crippen LogP contribution in [-0.2, 0) is 10.0 Å². The lowest BCUT2D eigenvalue weighted by molar-refractivity contribution is 0.570. The van der Waals surface area contributed by atoms with Crippen LogP contribution in [-0.4, -0.2) is 8.42 Å². The zero-order valence-corrected chi connectivity index (χ0v) is 14.8. The molecule has 0 aliphatic carbocycles. The highest BCUT2D eigenvalue weighted by molar-refractivity contribution is 9.11. The van der Waals surface area contributed by atoms with Gasteiger partial charge in [0.25, 0.3) is 10.0 Å². The molecule has 0 amide bonds. The molecule has 7 heteroatoms. The standard InChI is InChI=1S/C12H14BrNO2S3/c1-7-6-11(18-12(7)13)19(15,16)14-9(3)10-5-4-8(2)17-10/h4-6,9,14H,1-3H3. The van der Waals surface area contributed by atoms with Crippen molar-refractivity contribution >= 4 is 48.6 Å². The van der Waals surface area contributed by atoms with E-state index in [-0.39, 0.29) is 6.04 Å². The first-order valence-corrected chi connectivity index (χ1v) is 9.55. The minimum Gasteiger partial charge on any atom is -0.206 e. The van der Waals surface area contributed by atoms with E-state index in [1.807, 2.05) is 32.9 Å². The van der Waals surface area contributed by atoms with Crippen LogP contribution in [0.25, 0.3) is 0 Å². The van der Waals surface area contributed by atoms with Gasteiger partial charge in [0.2, 0.25) is 0 Å². The van der Waals surface area contributed by atoms with Gasteiger partial charge in [-0.1, -0.05) is 0 Å². The second kappa shape index (κ2) is 5.65. The molecule has 0 aromatic carbocycles. The molecule has 0 saturated carbocycles. The van der Waals surface area contributed by atoms with Crippen LogP contribution >= 0.6 is 38.6 Å². The average Bonchev–Trinajstić information content (AvgIpc) is 2.86. The molecule has 0 aliphatic heterocycles. The van der Waals surface area contributed by atoms with Crippen molar-refractivity contribution in [3.05, 3.63) is 37.3 Å². The number of thiophene rings is 2. The van der Waals surface area contributed by atoms with Crippen LogP contribution in [0.2, 0.25) is 0 Å². The lowest BCUT2D eigenvalue weighted by Gasteiger charge is -2.11. The van der Waals surface area contributed by atoms with Crippen molar-refractivity contribution in [2.45, 2.75) is 31.0 Å². The SMILES string of the molecule is Cc1ccc(C(C)NS(=O)(=O)c2cc(C)c(Br)s2)s1. The molecule has 104 valence electrons. The van der Waals surface area contributed by atoms with Crippen LogP contribution in [0.3, 0.4) is 0 Å². The van der Waals surface area contributed by atoms with E-state index in [1.54, 1.807) is 17.4 Å². The molecule has 0 saturated heterocycles. The summed E-state index contributed by atoms with van der Waals surface area (Å²) in [5, 5.41) is 0. The predicted octanol–water partition coefficient (Wildman–Crippen LogP) is 4.23. The van der Waals surface area contributed by atoms with E-state index in [0.29, 0.717) is 4.21 Å². The maximum absolute atomic E-state index is 12.3. The van der Waals surface area contributed by atoms with Crippen molar-refractivity contribution in [1.29, 1.82) is 0 Å². The number of hydrogen-bond acceptors (Lipinski definition) is 4. The van der Waals surface area contributed by atoms with E-state index < -0.39 is 10.0 Å². The molecule has 1 unspecified atom stereocenters. The van der Waals surface area contributed by atoms with E-state index in [4.69, 9.17) is 0 Å². The quantitative estimate of drug-likeness (QED) is 0.863. The van der Waals surface area contributed by atoms with Crippen molar-refractivity contribution in [2.75, 3.05) is 0 Å². The van der Waals surface area contributed by atoms with Crippen LogP contribution in [0.1, 0.15) is 28.3 Å². The molecule has 1 atom stereocenters. The minimum atomic E-state index is -3.45. The van der Waals surface area contributed by atoms with Gasteiger partial charge < -0.3 is 0 Å². The van der Waals surface area contributed by atoms with Crippen molar-refractivity contribution in [2.24, 2.45) is 0 Å². The normalized spacial score (nSPS) is 13.7. The van der Waals surface area contributed by atoms with Crippen molar-refractivity contribution in [3.63, 3.8) is 0 Å². The van der Waals surface area contributed by atoms with Gasteiger partial charge in [-0.3, -0.25) is 0 Å². The summed E-state index contributed by atoms with van der Waals surface area (Å²) >= 11 is 6.19. The van der Waals surface area contributed by atoms with Crippen LogP contribution in [0, 0.1) is 13.8 Å². The summed E-state index contributed by atoms with van der Waals surface area (Å²) in [5.74, 6) is 0. The molecule has 0 bridgehead atoms. The van der Waals surface area contributed by atoms with Gasteiger partial charge in [0, 0.05) is 9.75 Å². The molecule has 2 rings (SSSR count). The lowest BCUT2D eigenvalue weighted by atomic mass is 10.3. The molecule has 2 aromatic rings. The monoisotopic (exact) mass is 379 g/mol. The first-order chi connectivity index (χ1) is 8.79. The number of halogens is 1. The van der Waals surface area contributed by atoms with Gasteiger partial charge in [-0.25, -0.2) is 13.1 Å². The van der Waals surface area contributed by atoms with Gasteiger partial charge in [-0.2, -0.15) is 0 Å². The zero-order chi connectivity index (χ0) is 14.2. The maximum Gasteiger partial charge on any atom is 0.250 e. The summed E-state index contributed by atoms with van der Waals surface area (Å²) in [7, 11) is -3.45. The van der Waals surface area contributed by atoms with Crippen LogP contribution in [0.15, 0.2) is 26.2 Å². The summed E-state index contributed by atoms with van der Waals surface area (Å²) in [5.41, 5.74) is 0.935. The van der Waals surface area contributed by atoms with E-state index in [1.165, 1.54) is 16.2 Å². The van der Waals surface area contributed by atoms with E-state index in [0.717, 1.165) is 14.2 Å². The van der Waals surface area contributed by atoms with E-state index >= 15 is 0 Å². The number of aryl methyl sites for hydroxylation is 2. The van der Waals surface area contributed by atoms with Crippen LogP contribution < -0.4 is 4.72 Å². The van der Waals surface area contributed by atoms with Gasteiger partial charge in [0.05, 0.1) is 9.83 Å². The topological polar surface area (TPSA) is 46.2 Å². The highest BCUT2D eigenvalue weighted by atomic mass is 79.9. The largest absolute Gasteiger partial charge is 0.250 e. The van der Waals surface area contributed by atoms with Gasteiger partial charge in [0.15, 0.2) is 0 Å². The Morgan fingerprint density at radius 1 is 1.26 bits per heavy atom. The van der Waals surface area contributed by atoms with Gasteiger partial charge in [0.1, 0.15) is 4.21 Å². The average molecular weight is 380 g/mol. The third kappa shape index (κ3) is 3.46. The molecule has 19 heavy (non-hydrogen) atoms. The Balaban J connectivity index is 2.22. The molecule has 0 fully saturated rings. The summed E-state index contributed by atoms with van der Waals surface area (Å²) < 4.78 is 28.5. The van der Waals surface area contributed by atoms with Gasteiger partial charge >= 0.3 is 0 Å². The Labute approximate surface area is 129 Å². The van der Waals surface area contributed by atoms with Crippen molar-refractivity contribution < 1.29 is 8.42 Å². The van der Waals surface area contributed by atoms with Gasteiger partial charge in [-0.15, -0.1) is 22.7 Å². The zero-order valence-electron chi connectivity index (χ0n) is 10.7. The molecule has 0 spiro atoms. The Hall–Kier alpha value is -0.210.